The van der Waals surface area contributed by atoms with E-state index < -0.39 is 17.4 Å². The molecular weight excluding hydrogens is 367 g/mol. The van der Waals surface area contributed by atoms with E-state index in [0.29, 0.717) is 16.8 Å². The number of hydrogen-bond acceptors (Lipinski definition) is 3. The molecule has 26 heavy (non-hydrogen) atoms. The number of nitrogens with one attached hydrogen (secondary N) is 1. The zero-order chi connectivity index (χ0) is 18.7. The van der Waals surface area contributed by atoms with E-state index in [1.165, 1.54) is 0 Å². The minimum Gasteiger partial charge on any atom is -0.324 e. The Morgan fingerprint density at radius 2 is 1.69 bits per heavy atom. The SMILES string of the molecule is O=c1cc(C(F)(F)F)nc(Nc2ccccc2Cl)n1Cc1ccccc1. The van der Waals surface area contributed by atoms with Crippen molar-refractivity contribution in [1.29, 1.82) is 0 Å². The van der Waals surface area contributed by atoms with Gasteiger partial charge in [0.05, 0.1) is 17.3 Å². The summed E-state index contributed by atoms with van der Waals surface area (Å²) in [5.74, 6) is -0.234. The molecule has 0 atom stereocenters. The van der Waals surface area contributed by atoms with Gasteiger partial charge < -0.3 is 5.32 Å². The molecule has 0 saturated carbocycles. The van der Waals surface area contributed by atoms with Crippen LogP contribution < -0.4 is 10.9 Å². The second-order valence-electron chi connectivity index (χ2n) is 5.48. The lowest BCUT2D eigenvalue weighted by molar-refractivity contribution is -0.141. The summed E-state index contributed by atoms with van der Waals surface area (Å²) in [5, 5.41) is 3.03. The molecule has 1 heterocycles. The average Bonchev–Trinajstić information content (AvgIpc) is 2.59. The van der Waals surface area contributed by atoms with E-state index in [9.17, 15) is 18.0 Å². The molecule has 3 rings (SSSR count). The maximum Gasteiger partial charge on any atom is 0.433 e. The molecule has 1 N–H and O–H groups in total. The number of benzene rings is 2. The van der Waals surface area contributed by atoms with Crippen molar-refractivity contribution < 1.29 is 13.2 Å². The Hall–Kier alpha value is -2.80. The van der Waals surface area contributed by atoms with Crippen molar-refractivity contribution in [1.82, 2.24) is 9.55 Å². The zero-order valence-corrected chi connectivity index (χ0v) is 14.1. The van der Waals surface area contributed by atoms with Gasteiger partial charge in [-0.05, 0) is 17.7 Å². The van der Waals surface area contributed by atoms with Crippen molar-refractivity contribution in [2.45, 2.75) is 12.7 Å². The standard InChI is InChI=1S/C18H13ClF3N3O/c19-13-8-4-5-9-14(13)23-17-24-15(18(20,21)22)10-16(26)25(17)11-12-6-2-1-3-7-12/h1-10H,11H2,(H,23,24). The predicted molar refractivity (Wildman–Crippen MR) is 93.8 cm³/mol. The van der Waals surface area contributed by atoms with Gasteiger partial charge in [0.2, 0.25) is 5.95 Å². The highest BCUT2D eigenvalue weighted by Gasteiger charge is 2.34. The fourth-order valence-corrected chi connectivity index (χ4v) is 2.53. The van der Waals surface area contributed by atoms with Crippen LogP contribution in [0.1, 0.15) is 11.3 Å². The summed E-state index contributed by atoms with van der Waals surface area (Å²) in [6.45, 7) is 0.0671. The Balaban J connectivity index is 2.10. The van der Waals surface area contributed by atoms with Gasteiger partial charge in [-0.1, -0.05) is 54.1 Å². The van der Waals surface area contributed by atoms with Crippen LogP contribution in [0, 0.1) is 0 Å². The Bertz CT molecular complexity index is 971. The molecule has 0 aliphatic carbocycles. The quantitative estimate of drug-likeness (QED) is 0.714. The first-order valence-corrected chi connectivity index (χ1v) is 7.97. The van der Waals surface area contributed by atoms with Crippen LogP contribution in [-0.2, 0) is 12.7 Å². The van der Waals surface area contributed by atoms with Gasteiger partial charge in [-0.2, -0.15) is 13.2 Å². The molecule has 0 saturated heterocycles. The summed E-state index contributed by atoms with van der Waals surface area (Å²) in [5.41, 5.74) is -0.979. The normalized spacial score (nSPS) is 11.4. The molecule has 0 fully saturated rings. The zero-order valence-electron chi connectivity index (χ0n) is 13.3. The number of halogens is 4. The maximum atomic E-state index is 13.1. The molecule has 3 aromatic rings. The molecule has 0 radical (unpaired) electrons. The molecule has 4 nitrogen and oxygen atoms in total. The van der Waals surface area contributed by atoms with Crippen molar-refractivity contribution in [3.63, 3.8) is 0 Å². The van der Waals surface area contributed by atoms with Crippen LogP contribution in [-0.4, -0.2) is 9.55 Å². The van der Waals surface area contributed by atoms with Gasteiger partial charge in [0.15, 0.2) is 5.69 Å². The van der Waals surface area contributed by atoms with Crippen LogP contribution in [0.15, 0.2) is 65.5 Å². The van der Waals surface area contributed by atoms with Crippen LogP contribution in [0.4, 0.5) is 24.8 Å². The molecule has 0 bridgehead atoms. The molecule has 8 heteroatoms. The van der Waals surface area contributed by atoms with E-state index in [-0.39, 0.29) is 12.5 Å². The maximum absolute atomic E-state index is 13.1. The van der Waals surface area contributed by atoms with Gasteiger partial charge in [0, 0.05) is 6.07 Å². The van der Waals surface area contributed by atoms with E-state index in [1.54, 1.807) is 54.6 Å². The molecule has 0 unspecified atom stereocenters. The summed E-state index contributed by atoms with van der Waals surface area (Å²) < 4.78 is 40.3. The minimum absolute atomic E-state index is 0.0671. The van der Waals surface area contributed by atoms with Crippen LogP contribution >= 0.6 is 11.6 Å². The lowest BCUT2D eigenvalue weighted by atomic mass is 10.2. The molecule has 134 valence electrons. The Labute approximate surface area is 151 Å². The second-order valence-corrected chi connectivity index (χ2v) is 5.88. The van der Waals surface area contributed by atoms with E-state index in [1.807, 2.05) is 0 Å². The molecule has 0 spiro atoms. The Morgan fingerprint density at radius 3 is 2.35 bits per heavy atom. The summed E-state index contributed by atoms with van der Waals surface area (Å²) >= 11 is 6.06. The number of nitrogens with zero attached hydrogens (tertiary/aromatic N) is 2. The fraction of sp³-hybridized carbons (Fsp3) is 0.111. The lowest BCUT2D eigenvalue weighted by Crippen LogP contribution is -2.27. The smallest absolute Gasteiger partial charge is 0.324 e. The van der Waals surface area contributed by atoms with Gasteiger partial charge in [-0.25, -0.2) is 4.98 Å². The van der Waals surface area contributed by atoms with Gasteiger partial charge >= 0.3 is 6.18 Å². The third-order valence-electron chi connectivity index (χ3n) is 3.60. The van der Waals surface area contributed by atoms with E-state index in [0.717, 1.165) is 10.1 Å². The van der Waals surface area contributed by atoms with Gasteiger partial charge in [0.1, 0.15) is 0 Å². The van der Waals surface area contributed by atoms with E-state index in [2.05, 4.69) is 10.3 Å². The summed E-state index contributed by atoms with van der Waals surface area (Å²) in [6, 6.07) is 15.9. The largest absolute Gasteiger partial charge is 0.433 e. The predicted octanol–water partition coefficient (Wildman–Crippen LogP) is 4.71. The molecule has 0 aliphatic heterocycles. The molecule has 1 aromatic heterocycles. The molecular formula is C18H13ClF3N3O. The first kappa shape index (κ1) is 18.0. The van der Waals surface area contributed by atoms with Gasteiger partial charge in [0.25, 0.3) is 5.56 Å². The topological polar surface area (TPSA) is 46.9 Å². The summed E-state index contributed by atoms with van der Waals surface area (Å²) in [6.07, 6.45) is -4.73. The second kappa shape index (κ2) is 7.21. The highest BCUT2D eigenvalue weighted by atomic mass is 35.5. The molecule has 0 aliphatic rings. The van der Waals surface area contributed by atoms with Crippen molar-refractivity contribution >= 4 is 23.2 Å². The number of aromatic nitrogens is 2. The molecule has 0 amide bonds. The number of hydrogen-bond donors (Lipinski definition) is 1. The summed E-state index contributed by atoms with van der Waals surface area (Å²) in [7, 11) is 0. The van der Waals surface area contributed by atoms with Crippen LogP contribution in [0.5, 0.6) is 0 Å². The van der Waals surface area contributed by atoms with Crippen LogP contribution in [0.2, 0.25) is 5.02 Å². The number of alkyl halides is 3. The third kappa shape index (κ3) is 4.05. The van der Waals surface area contributed by atoms with Crippen molar-refractivity contribution in [3.8, 4) is 0 Å². The highest BCUT2D eigenvalue weighted by molar-refractivity contribution is 6.33. The third-order valence-corrected chi connectivity index (χ3v) is 3.93. The molecule has 2 aromatic carbocycles. The van der Waals surface area contributed by atoms with Crippen LogP contribution in [0.25, 0.3) is 0 Å². The Kier molecular flexibility index (Phi) is 4.99. The lowest BCUT2D eigenvalue weighted by Gasteiger charge is -2.16. The van der Waals surface area contributed by atoms with Gasteiger partial charge in [-0.3, -0.25) is 9.36 Å². The van der Waals surface area contributed by atoms with Crippen molar-refractivity contribution in [3.05, 3.63) is 87.3 Å². The van der Waals surface area contributed by atoms with Crippen molar-refractivity contribution in [2.24, 2.45) is 0 Å². The fourth-order valence-electron chi connectivity index (χ4n) is 2.35. The average molecular weight is 380 g/mol. The number of rotatable bonds is 4. The van der Waals surface area contributed by atoms with Crippen molar-refractivity contribution in [2.75, 3.05) is 5.32 Å². The number of anilines is 2. The van der Waals surface area contributed by atoms with Gasteiger partial charge in [-0.15, -0.1) is 0 Å². The van der Waals surface area contributed by atoms with E-state index in [4.69, 9.17) is 11.6 Å². The number of para-hydroxylation sites is 1. The van der Waals surface area contributed by atoms with Crippen LogP contribution in [0.3, 0.4) is 0 Å². The Morgan fingerprint density at radius 1 is 1.04 bits per heavy atom. The summed E-state index contributed by atoms with van der Waals surface area (Å²) in [4.78, 5) is 15.9. The van der Waals surface area contributed by atoms with E-state index >= 15 is 0 Å². The first-order chi connectivity index (χ1) is 12.3. The first-order valence-electron chi connectivity index (χ1n) is 7.59. The monoisotopic (exact) mass is 379 g/mol. The minimum atomic E-state index is -4.73. The highest BCUT2D eigenvalue weighted by Crippen LogP contribution is 2.29.